The highest BCUT2D eigenvalue weighted by Crippen LogP contribution is 2.29. The molecule has 1 saturated heterocycles. The lowest BCUT2D eigenvalue weighted by atomic mass is 10.2. The molecule has 9 heteroatoms. The largest absolute Gasteiger partial charge is 0.486 e. The van der Waals surface area contributed by atoms with Crippen molar-refractivity contribution >= 4 is 34.1 Å². The van der Waals surface area contributed by atoms with Crippen molar-refractivity contribution in [3.05, 3.63) is 89.0 Å². The third-order valence-electron chi connectivity index (χ3n) is 6.82. The summed E-state index contributed by atoms with van der Waals surface area (Å²) in [5.74, 6) is 1.07. The predicted octanol–water partition coefficient (Wildman–Crippen LogP) is 5.14. The number of aromatic nitrogens is 2. The van der Waals surface area contributed by atoms with E-state index in [9.17, 15) is 4.79 Å². The number of methoxy groups -OCH3 is 1. The summed E-state index contributed by atoms with van der Waals surface area (Å²) >= 11 is 6.10. The lowest BCUT2D eigenvalue weighted by Gasteiger charge is -2.38. The quantitative estimate of drug-likeness (QED) is 0.295. The number of hydrogen-bond acceptors (Lipinski definition) is 6. The van der Waals surface area contributed by atoms with Crippen molar-refractivity contribution < 1.29 is 18.7 Å². The van der Waals surface area contributed by atoms with Crippen molar-refractivity contribution in [2.45, 2.75) is 26.3 Å². The number of halogens is 2. The Labute approximate surface area is 226 Å². The Kier molecular flexibility index (Phi) is 7.93. The van der Waals surface area contributed by atoms with Crippen LogP contribution in [0.15, 0.2) is 66.7 Å². The van der Waals surface area contributed by atoms with Crippen molar-refractivity contribution in [1.29, 1.82) is 0 Å². The van der Waals surface area contributed by atoms with E-state index in [-0.39, 0.29) is 18.2 Å². The van der Waals surface area contributed by atoms with Crippen LogP contribution in [0.4, 0.5) is 10.1 Å². The van der Waals surface area contributed by atoms with Gasteiger partial charge in [0.25, 0.3) is 0 Å². The lowest BCUT2D eigenvalue weighted by Crippen LogP contribution is -2.53. The molecule has 3 aromatic carbocycles. The molecule has 1 aliphatic rings. The van der Waals surface area contributed by atoms with Gasteiger partial charge in [0.2, 0.25) is 0 Å². The van der Waals surface area contributed by atoms with E-state index < -0.39 is 6.23 Å². The van der Waals surface area contributed by atoms with Crippen molar-refractivity contribution in [2.24, 2.45) is 0 Å². The Morgan fingerprint density at radius 3 is 2.42 bits per heavy atom. The Bertz CT molecular complexity index is 1400. The van der Waals surface area contributed by atoms with Gasteiger partial charge < -0.3 is 18.9 Å². The van der Waals surface area contributed by atoms with Crippen molar-refractivity contribution in [3.8, 4) is 5.75 Å². The van der Waals surface area contributed by atoms with Crippen LogP contribution in [0.2, 0.25) is 5.02 Å². The first-order valence-electron chi connectivity index (χ1n) is 12.6. The molecule has 1 unspecified atom stereocenters. The number of carbonyl (C=O) groups is 1. The smallest absolute Gasteiger partial charge is 0.173 e. The summed E-state index contributed by atoms with van der Waals surface area (Å²) in [5.41, 5.74) is 2.95. The molecule has 0 amide bonds. The van der Waals surface area contributed by atoms with E-state index in [0.717, 1.165) is 16.8 Å². The van der Waals surface area contributed by atoms with Gasteiger partial charge in [0.05, 0.1) is 16.7 Å². The molecule has 7 nitrogen and oxygen atoms in total. The third-order valence-corrected chi connectivity index (χ3v) is 7.07. The fraction of sp³-hybridized carbons (Fsp3) is 0.310. The molecule has 1 atom stereocenters. The van der Waals surface area contributed by atoms with Gasteiger partial charge in [-0.25, -0.2) is 9.37 Å². The number of para-hydroxylation sites is 1. The first kappa shape index (κ1) is 26.2. The molecule has 1 fully saturated rings. The van der Waals surface area contributed by atoms with Crippen LogP contribution >= 0.6 is 11.6 Å². The Hall–Kier alpha value is -3.46. The number of imidazole rings is 1. The number of piperazine rings is 1. The molecule has 5 rings (SSSR count). The zero-order chi connectivity index (χ0) is 26.6. The highest BCUT2D eigenvalue weighted by Gasteiger charge is 2.28. The van der Waals surface area contributed by atoms with E-state index in [1.807, 2.05) is 70.5 Å². The molecular formula is C29H30ClFN4O3. The molecule has 0 saturated carbocycles. The van der Waals surface area contributed by atoms with E-state index in [1.165, 1.54) is 20.1 Å². The molecular weight excluding hydrogens is 507 g/mol. The Morgan fingerprint density at radius 2 is 1.76 bits per heavy atom. The number of ether oxygens (including phenoxy) is 2. The van der Waals surface area contributed by atoms with Gasteiger partial charge in [-0.3, -0.25) is 9.69 Å². The maximum absolute atomic E-state index is 15.4. The minimum Gasteiger partial charge on any atom is -0.486 e. The summed E-state index contributed by atoms with van der Waals surface area (Å²) in [4.78, 5) is 20.7. The van der Waals surface area contributed by atoms with Gasteiger partial charge in [-0.1, -0.05) is 41.9 Å². The van der Waals surface area contributed by atoms with E-state index in [4.69, 9.17) is 26.1 Å². The van der Waals surface area contributed by atoms with Gasteiger partial charge in [0.15, 0.2) is 12.0 Å². The SMILES string of the molecule is COC(C(C)=O)N1CCN(c2cc3c(cc2F)nc(COc2ccccc2)n3Cc2ccc(Cl)cc2)CC1. The van der Waals surface area contributed by atoms with Gasteiger partial charge in [-0.05, 0) is 42.8 Å². The molecule has 0 bridgehead atoms. The molecule has 1 aromatic heterocycles. The highest BCUT2D eigenvalue weighted by molar-refractivity contribution is 6.30. The molecule has 0 radical (unpaired) electrons. The van der Waals surface area contributed by atoms with Crippen LogP contribution in [-0.2, 0) is 22.7 Å². The van der Waals surface area contributed by atoms with Crippen LogP contribution in [0.1, 0.15) is 18.3 Å². The third kappa shape index (κ3) is 5.67. The number of ketones is 1. The molecule has 0 N–H and O–H groups in total. The van der Waals surface area contributed by atoms with Crippen molar-refractivity contribution in [3.63, 3.8) is 0 Å². The van der Waals surface area contributed by atoms with Crippen LogP contribution in [0.25, 0.3) is 11.0 Å². The summed E-state index contributed by atoms with van der Waals surface area (Å²) in [6.45, 7) is 4.63. The molecule has 1 aliphatic heterocycles. The minimum absolute atomic E-state index is 0.0371. The summed E-state index contributed by atoms with van der Waals surface area (Å²) in [6, 6.07) is 20.6. The molecule has 198 valence electrons. The van der Waals surface area contributed by atoms with E-state index in [2.05, 4.69) is 4.57 Å². The molecule has 38 heavy (non-hydrogen) atoms. The van der Waals surface area contributed by atoms with Gasteiger partial charge in [0, 0.05) is 50.9 Å². The van der Waals surface area contributed by atoms with Crippen LogP contribution in [0, 0.1) is 5.82 Å². The van der Waals surface area contributed by atoms with Crippen LogP contribution in [0.3, 0.4) is 0 Å². The number of fused-ring (bicyclic) bond motifs is 1. The lowest BCUT2D eigenvalue weighted by molar-refractivity contribution is -0.138. The van der Waals surface area contributed by atoms with E-state index in [0.29, 0.717) is 54.8 Å². The topological polar surface area (TPSA) is 59.8 Å². The summed E-state index contributed by atoms with van der Waals surface area (Å²) in [5, 5.41) is 0.667. The minimum atomic E-state index is -0.572. The maximum Gasteiger partial charge on any atom is 0.173 e. The fourth-order valence-electron chi connectivity index (χ4n) is 4.92. The molecule has 0 spiro atoms. The molecule has 2 heterocycles. The second kappa shape index (κ2) is 11.5. The summed E-state index contributed by atoms with van der Waals surface area (Å²) in [6.07, 6.45) is -0.572. The average molecular weight is 537 g/mol. The zero-order valence-electron chi connectivity index (χ0n) is 21.4. The standard InChI is InChI=1S/C29H30ClFN4O3/c1-20(36)29(37-2)34-14-12-33(13-15-34)26-17-27-25(16-24(26)31)32-28(19-38-23-6-4-3-5-7-23)35(27)18-21-8-10-22(30)11-9-21/h3-11,16-17,29H,12-15,18-19H2,1-2H3. The number of hydrogen-bond donors (Lipinski definition) is 0. The normalized spacial score (nSPS) is 15.1. The van der Waals surface area contributed by atoms with E-state index in [1.54, 1.807) is 0 Å². The van der Waals surface area contributed by atoms with Crippen LogP contribution in [0.5, 0.6) is 5.75 Å². The Morgan fingerprint density at radius 1 is 1.05 bits per heavy atom. The van der Waals surface area contributed by atoms with Crippen LogP contribution in [-0.4, -0.2) is 59.8 Å². The zero-order valence-corrected chi connectivity index (χ0v) is 22.2. The monoisotopic (exact) mass is 536 g/mol. The van der Waals surface area contributed by atoms with Gasteiger partial charge in [-0.2, -0.15) is 0 Å². The maximum atomic E-state index is 15.4. The Balaban J connectivity index is 1.46. The van der Waals surface area contributed by atoms with Gasteiger partial charge in [-0.15, -0.1) is 0 Å². The number of carbonyl (C=O) groups excluding carboxylic acids is 1. The number of nitrogens with zero attached hydrogens (tertiary/aromatic N) is 4. The van der Waals surface area contributed by atoms with Gasteiger partial charge >= 0.3 is 0 Å². The van der Waals surface area contributed by atoms with Crippen LogP contribution < -0.4 is 9.64 Å². The predicted molar refractivity (Wildman–Crippen MR) is 146 cm³/mol. The van der Waals surface area contributed by atoms with E-state index >= 15 is 4.39 Å². The van der Waals surface area contributed by atoms with Crippen molar-refractivity contribution in [2.75, 3.05) is 38.2 Å². The molecule has 4 aromatic rings. The first-order chi connectivity index (χ1) is 18.4. The summed E-state index contributed by atoms with van der Waals surface area (Å²) in [7, 11) is 1.53. The average Bonchev–Trinajstić information content (AvgIpc) is 3.25. The van der Waals surface area contributed by atoms with Crippen molar-refractivity contribution in [1.82, 2.24) is 14.5 Å². The number of benzene rings is 3. The summed E-state index contributed by atoms with van der Waals surface area (Å²) < 4.78 is 28.8. The second-order valence-corrected chi connectivity index (χ2v) is 9.79. The first-order valence-corrected chi connectivity index (χ1v) is 12.9. The molecule has 0 aliphatic carbocycles. The number of rotatable bonds is 9. The number of Topliss-reactive ketones (excluding diaryl/α,β-unsaturated/α-hetero) is 1. The fourth-order valence-corrected chi connectivity index (χ4v) is 5.05. The van der Waals surface area contributed by atoms with Gasteiger partial charge in [0.1, 0.15) is 24.0 Å². The number of anilines is 1. The highest BCUT2D eigenvalue weighted by atomic mass is 35.5. The second-order valence-electron chi connectivity index (χ2n) is 9.36.